The minimum atomic E-state index is -0.159. The van der Waals surface area contributed by atoms with Crippen molar-refractivity contribution in [1.82, 2.24) is 15.3 Å². The summed E-state index contributed by atoms with van der Waals surface area (Å²) in [5, 5.41) is 2.82. The number of carbonyl (C=O) groups excluding carboxylic acids is 1. The third-order valence-electron chi connectivity index (χ3n) is 2.75. The molecule has 0 saturated heterocycles. The number of nitrogens with two attached hydrogens (primary N) is 1. The fourth-order valence-electron chi connectivity index (χ4n) is 1.84. The molecule has 2 aromatic rings. The highest BCUT2D eigenvalue weighted by atomic mass is 16.1. The summed E-state index contributed by atoms with van der Waals surface area (Å²) in [6, 6.07) is 7.26. The van der Waals surface area contributed by atoms with E-state index in [1.807, 2.05) is 19.1 Å². The zero-order valence-corrected chi connectivity index (χ0v) is 11.8. The smallest absolute Gasteiger partial charge is 0.251 e. The molecule has 0 fully saturated rings. The first-order valence-electron chi connectivity index (χ1n) is 6.53. The van der Waals surface area contributed by atoms with Crippen LogP contribution in [-0.4, -0.2) is 22.4 Å². The highest BCUT2D eigenvalue weighted by Crippen LogP contribution is 2.09. The highest BCUT2D eigenvalue weighted by molar-refractivity contribution is 5.94. The lowest BCUT2D eigenvalue weighted by Gasteiger charge is -2.06. The molecule has 0 aliphatic heterocycles. The van der Waals surface area contributed by atoms with Gasteiger partial charge in [-0.25, -0.2) is 9.97 Å². The van der Waals surface area contributed by atoms with Crippen LogP contribution in [0.2, 0.25) is 0 Å². The van der Waals surface area contributed by atoms with Crippen LogP contribution in [0.4, 0.5) is 0 Å². The molecule has 0 atom stereocenters. The van der Waals surface area contributed by atoms with Crippen LogP contribution in [0.25, 0.3) is 0 Å². The second-order valence-electron chi connectivity index (χ2n) is 4.48. The van der Waals surface area contributed by atoms with E-state index < -0.39 is 0 Å². The van der Waals surface area contributed by atoms with Gasteiger partial charge in [-0.2, -0.15) is 0 Å². The fourth-order valence-corrected chi connectivity index (χ4v) is 1.84. The zero-order chi connectivity index (χ0) is 15.1. The van der Waals surface area contributed by atoms with Crippen molar-refractivity contribution in [3.8, 4) is 11.8 Å². The predicted molar refractivity (Wildman–Crippen MR) is 80.3 cm³/mol. The largest absolute Gasteiger partial charge is 0.346 e. The van der Waals surface area contributed by atoms with Gasteiger partial charge in [-0.05, 0) is 36.8 Å². The summed E-state index contributed by atoms with van der Waals surface area (Å²) in [5.41, 5.74) is 8.45. The van der Waals surface area contributed by atoms with E-state index in [1.54, 1.807) is 18.3 Å². The van der Waals surface area contributed by atoms with Crippen molar-refractivity contribution in [3.05, 3.63) is 59.2 Å². The van der Waals surface area contributed by atoms with E-state index in [1.165, 1.54) is 6.33 Å². The molecule has 0 bridgehead atoms. The highest BCUT2D eigenvalue weighted by Gasteiger charge is 2.07. The molecule has 5 nitrogen and oxygen atoms in total. The van der Waals surface area contributed by atoms with Crippen molar-refractivity contribution in [2.45, 2.75) is 13.5 Å². The minimum Gasteiger partial charge on any atom is -0.346 e. The topological polar surface area (TPSA) is 80.9 Å². The molecule has 1 heterocycles. The maximum atomic E-state index is 12.2. The van der Waals surface area contributed by atoms with E-state index in [4.69, 9.17) is 5.73 Å². The van der Waals surface area contributed by atoms with E-state index in [0.717, 1.165) is 16.8 Å². The number of aryl methyl sites for hydroxylation is 1. The number of hydrogen-bond acceptors (Lipinski definition) is 4. The number of nitrogens with zero attached hydrogens (tertiary/aromatic N) is 2. The first kappa shape index (κ1) is 14.7. The van der Waals surface area contributed by atoms with Gasteiger partial charge in [0.05, 0.1) is 18.8 Å². The molecule has 1 aromatic carbocycles. The normalized spacial score (nSPS) is 9.62. The van der Waals surface area contributed by atoms with Crippen LogP contribution >= 0.6 is 0 Å². The van der Waals surface area contributed by atoms with Crippen LogP contribution in [0.1, 0.15) is 27.2 Å². The number of amides is 1. The average molecular weight is 280 g/mol. The number of hydrogen-bond donors (Lipinski definition) is 2. The van der Waals surface area contributed by atoms with Gasteiger partial charge in [0.15, 0.2) is 0 Å². The summed E-state index contributed by atoms with van der Waals surface area (Å²) in [6.07, 6.45) is 3.09. The Morgan fingerprint density at radius 3 is 2.95 bits per heavy atom. The lowest BCUT2D eigenvalue weighted by atomic mass is 10.1. The van der Waals surface area contributed by atoms with Gasteiger partial charge < -0.3 is 11.1 Å². The van der Waals surface area contributed by atoms with E-state index >= 15 is 0 Å². The summed E-state index contributed by atoms with van der Waals surface area (Å²) in [7, 11) is 0. The summed E-state index contributed by atoms with van der Waals surface area (Å²) in [4.78, 5) is 20.1. The van der Waals surface area contributed by atoms with Crippen LogP contribution in [0, 0.1) is 18.8 Å². The SMILES string of the molecule is Cc1cc(C#CCN)cc(C(=O)NCc2ccncn2)c1. The van der Waals surface area contributed by atoms with E-state index in [2.05, 4.69) is 27.1 Å². The number of benzene rings is 1. The van der Waals surface area contributed by atoms with Gasteiger partial charge in [-0.1, -0.05) is 11.8 Å². The molecule has 5 heteroatoms. The molecule has 0 spiro atoms. The number of carbonyl (C=O) groups is 1. The Hall–Kier alpha value is -2.71. The monoisotopic (exact) mass is 280 g/mol. The first-order chi connectivity index (χ1) is 10.2. The molecule has 3 N–H and O–H groups in total. The predicted octanol–water partition coefficient (Wildman–Crippen LogP) is 1.03. The Morgan fingerprint density at radius 1 is 1.38 bits per heavy atom. The average Bonchev–Trinajstić information content (AvgIpc) is 2.51. The third-order valence-corrected chi connectivity index (χ3v) is 2.75. The molecule has 0 aliphatic rings. The maximum Gasteiger partial charge on any atom is 0.251 e. The van der Waals surface area contributed by atoms with Crippen molar-refractivity contribution in [2.24, 2.45) is 5.73 Å². The van der Waals surface area contributed by atoms with Crippen molar-refractivity contribution < 1.29 is 4.79 Å². The molecule has 1 aromatic heterocycles. The van der Waals surface area contributed by atoms with Crippen LogP contribution in [0.15, 0.2) is 36.8 Å². The number of rotatable bonds is 3. The standard InChI is InChI=1S/C16H16N4O/c1-12-7-13(3-2-5-17)9-14(8-12)16(21)19-10-15-4-6-18-11-20-15/h4,6-9,11H,5,10,17H2,1H3,(H,19,21). The molecule has 0 radical (unpaired) electrons. The Balaban J connectivity index is 2.10. The molecule has 0 aliphatic carbocycles. The van der Waals surface area contributed by atoms with E-state index in [0.29, 0.717) is 18.7 Å². The zero-order valence-electron chi connectivity index (χ0n) is 11.8. The van der Waals surface area contributed by atoms with Crippen LogP contribution in [0.3, 0.4) is 0 Å². The van der Waals surface area contributed by atoms with Gasteiger partial charge in [-0.3, -0.25) is 4.79 Å². The van der Waals surface area contributed by atoms with Gasteiger partial charge in [-0.15, -0.1) is 0 Å². The lowest BCUT2D eigenvalue weighted by Crippen LogP contribution is -2.23. The summed E-state index contributed by atoms with van der Waals surface area (Å²) < 4.78 is 0. The van der Waals surface area contributed by atoms with Gasteiger partial charge in [0.1, 0.15) is 6.33 Å². The van der Waals surface area contributed by atoms with E-state index in [-0.39, 0.29) is 5.91 Å². The Morgan fingerprint density at radius 2 is 2.24 bits per heavy atom. The third kappa shape index (κ3) is 4.41. The molecular formula is C16H16N4O. The van der Waals surface area contributed by atoms with Crippen LogP contribution < -0.4 is 11.1 Å². The molecule has 1 amide bonds. The van der Waals surface area contributed by atoms with Crippen molar-refractivity contribution in [2.75, 3.05) is 6.54 Å². The first-order valence-corrected chi connectivity index (χ1v) is 6.53. The molecule has 21 heavy (non-hydrogen) atoms. The van der Waals surface area contributed by atoms with Crippen molar-refractivity contribution in [1.29, 1.82) is 0 Å². The van der Waals surface area contributed by atoms with Crippen molar-refractivity contribution in [3.63, 3.8) is 0 Å². The summed E-state index contributed by atoms with van der Waals surface area (Å²) >= 11 is 0. The van der Waals surface area contributed by atoms with Gasteiger partial charge in [0.25, 0.3) is 5.91 Å². The maximum absolute atomic E-state index is 12.2. The van der Waals surface area contributed by atoms with E-state index in [9.17, 15) is 4.79 Å². The second kappa shape index (κ2) is 7.17. The van der Waals surface area contributed by atoms with Crippen LogP contribution in [-0.2, 0) is 6.54 Å². The summed E-state index contributed by atoms with van der Waals surface area (Å²) in [5.74, 6) is 5.56. The fraction of sp³-hybridized carbons (Fsp3) is 0.188. The quantitative estimate of drug-likeness (QED) is 0.823. The lowest BCUT2D eigenvalue weighted by molar-refractivity contribution is 0.0950. The molecule has 0 unspecified atom stereocenters. The Bertz CT molecular complexity index is 686. The van der Waals surface area contributed by atoms with Gasteiger partial charge in [0, 0.05) is 17.3 Å². The molecule has 2 rings (SSSR count). The Labute approximate surface area is 123 Å². The molecule has 106 valence electrons. The minimum absolute atomic E-state index is 0.159. The Kier molecular flexibility index (Phi) is 5.02. The number of nitrogens with one attached hydrogen (secondary N) is 1. The van der Waals surface area contributed by atoms with Crippen LogP contribution in [0.5, 0.6) is 0 Å². The summed E-state index contributed by atoms with van der Waals surface area (Å²) in [6.45, 7) is 2.58. The molecule has 0 saturated carbocycles. The van der Waals surface area contributed by atoms with Gasteiger partial charge in [0.2, 0.25) is 0 Å². The molecular weight excluding hydrogens is 264 g/mol. The second-order valence-corrected chi connectivity index (χ2v) is 4.48. The van der Waals surface area contributed by atoms with Gasteiger partial charge >= 0.3 is 0 Å². The van der Waals surface area contributed by atoms with Crippen molar-refractivity contribution >= 4 is 5.91 Å². The number of aromatic nitrogens is 2.